The Kier molecular flexibility index (Phi) is 5.20. The number of rotatable bonds is 5. The molecule has 1 N–H and O–H groups in total. The fraction of sp³-hybridized carbons (Fsp3) is 0.481. The van der Waals surface area contributed by atoms with E-state index in [0.29, 0.717) is 61.6 Å². The highest BCUT2D eigenvalue weighted by molar-refractivity contribution is 5.97. The molecule has 186 valence electrons. The van der Waals surface area contributed by atoms with E-state index in [-0.39, 0.29) is 17.9 Å². The van der Waals surface area contributed by atoms with Crippen LogP contribution in [0.15, 0.2) is 36.4 Å². The highest BCUT2D eigenvalue weighted by Crippen LogP contribution is 2.45. The molecule has 7 rings (SSSR count). The summed E-state index contributed by atoms with van der Waals surface area (Å²) in [5, 5.41) is 10.7. The number of likely N-dealkylation sites (tertiary alicyclic amines) is 2. The van der Waals surface area contributed by atoms with Gasteiger partial charge in [-0.1, -0.05) is 0 Å². The number of aromatic amines is 1. The quantitative estimate of drug-likeness (QED) is 0.594. The second kappa shape index (κ2) is 8.58. The van der Waals surface area contributed by atoms with Gasteiger partial charge >= 0.3 is 0 Å². The smallest absolute Gasteiger partial charge is 0.253 e. The highest BCUT2D eigenvalue weighted by Gasteiger charge is 2.43. The molecule has 0 spiro atoms. The fourth-order valence-corrected chi connectivity index (χ4v) is 5.95. The van der Waals surface area contributed by atoms with Gasteiger partial charge in [0.1, 0.15) is 22.9 Å². The van der Waals surface area contributed by atoms with Crippen LogP contribution in [-0.4, -0.2) is 82.5 Å². The Balaban J connectivity index is 1.02. The molecule has 2 aromatic carbocycles. The molecular weight excluding hydrogens is 458 g/mol. The average molecular weight is 488 g/mol. The minimum atomic E-state index is 0.0181. The Morgan fingerprint density at radius 3 is 2.19 bits per heavy atom. The molecular formula is C27H29N5O4. The molecule has 3 saturated heterocycles. The summed E-state index contributed by atoms with van der Waals surface area (Å²) in [6.45, 7) is 4.10. The minimum Gasteiger partial charge on any atom is -0.488 e. The molecule has 1 saturated carbocycles. The molecule has 0 radical (unpaired) electrons. The van der Waals surface area contributed by atoms with Gasteiger partial charge in [0, 0.05) is 55.6 Å². The first kappa shape index (κ1) is 21.8. The molecule has 3 aliphatic heterocycles. The molecule has 1 aromatic heterocycles. The molecule has 4 aliphatic rings. The lowest BCUT2D eigenvalue weighted by Crippen LogP contribution is -2.35. The van der Waals surface area contributed by atoms with Gasteiger partial charge in [-0.05, 0) is 60.7 Å². The van der Waals surface area contributed by atoms with E-state index in [1.807, 2.05) is 34.1 Å². The Bertz CT molecular complexity index is 1310. The molecule has 9 heteroatoms. The second-order valence-corrected chi connectivity index (χ2v) is 10.6. The van der Waals surface area contributed by atoms with Gasteiger partial charge in [0.2, 0.25) is 0 Å². The summed E-state index contributed by atoms with van der Waals surface area (Å²) in [6, 6.07) is 11.3. The summed E-state index contributed by atoms with van der Waals surface area (Å²) >= 11 is 0. The summed E-state index contributed by atoms with van der Waals surface area (Å²) in [5.74, 6) is 2.11. The third-order valence-corrected chi connectivity index (χ3v) is 8.08. The Morgan fingerprint density at radius 2 is 1.53 bits per heavy atom. The number of nitrogens with zero attached hydrogens (tertiary/aromatic N) is 4. The van der Waals surface area contributed by atoms with Crippen molar-refractivity contribution in [3.8, 4) is 5.75 Å². The summed E-state index contributed by atoms with van der Waals surface area (Å²) in [4.78, 5) is 30.4. The van der Waals surface area contributed by atoms with Crippen LogP contribution < -0.4 is 4.74 Å². The number of H-pyrrole nitrogens is 1. The van der Waals surface area contributed by atoms with E-state index in [4.69, 9.17) is 9.47 Å². The van der Waals surface area contributed by atoms with Crippen LogP contribution in [-0.2, 0) is 4.74 Å². The maximum atomic E-state index is 13.4. The van der Waals surface area contributed by atoms with E-state index in [2.05, 4.69) is 21.5 Å². The number of benzene rings is 2. The lowest BCUT2D eigenvalue weighted by molar-refractivity contribution is 0.0738. The highest BCUT2D eigenvalue weighted by atomic mass is 16.5. The van der Waals surface area contributed by atoms with Crippen LogP contribution in [0.5, 0.6) is 5.75 Å². The first-order chi connectivity index (χ1) is 17.6. The van der Waals surface area contributed by atoms with Gasteiger partial charge in [-0.15, -0.1) is 0 Å². The molecule has 1 aliphatic carbocycles. The zero-order valence-corrected chi connectivity index (χ0v) is 20.1. The number of carbonyl (C=O) groups is 2. The first-order valence-corrected chi connectivity index (χ1v) is 12.9. The molecule has 3 atom stereocenters. The van der Waals surface area contributed by atoms with Crippen molar-refractivity contribution in [2.45, 2.75) is 31.3 Å². The van der Waals surface area contributed by atoms with E-state index in [1.165, 1.54) is 0 Å². The molecule has 4 heterocycles. The minimum absolute atomic E-state index is 0.0181. The maximum Gasteiger partial charge on any atom is 0.253 e. The van der Waals surface area contributed by atoms with Gasteiger partial charge in [0.25, 0.3) is 11.8 Å². The van der Waals surface area contributed by atoms with Crippen molar-refractivity contribution < 1.29 is 19.1 Å². The number of amides is 2. The van der Waals surface area contributed by atoms with Crippen molar-refractivity contribution in [3.63, 3.8) is 0 Å². The van der Waals surface area contributed by atoms with E-state index < -0.39 is 0 Å². The third-order valence-electron chi connectivity index (χ3n) is 8.08. The van der Waals surface area contributed by atoms with Gasteiger partial charge in [-0.25, -0.2) is 0 Å². The number of carbonyl (C=O) groups excluding carboxylic acids is 2. The van der Waals surface area contributed by atoms with Gasteiger partial charge in [0.15, 0.2) is 0 Å². The molecule has 36 heavy (non-hydrogen) atoms. The van der Waals surface area contributed by atoms with E-state index >= 15 is 0 Å². The fourth-order valence-electron chi connectivity index (χ4n) is 5.95. The van der Waals surface area contributed by atoms with Gasteiger partial charge in [-0.3, -0.25) is 9.59 Å². The molecule has 1 unspecified atom stereocenters. The summed E-state index contributed by atoms with van der Waals surface area (Å²) in [5.41, 5.74) is 3.96. The van der Waals surface area contributed by atoms with Crippen molar-refractivity contribution in [1.29, 1.82) is 0 Å². The van der Waals surface area contributed by atoms with Gasteiger partial charge < -0.3 is 19.3 Å². The van der Waals surface area contributed by atoms with Crippen molar-refractivity contribution in [2.75, 3.05) is 39.4 Å². The van der Waals surface area contributed by atoms with Crippen molar-refractivity contribution in [3.05, 3.63) is 53.1 Å². The van der Waals surface area contributed by atoms with Crippen LogP contribution in [0.2, 0.25) is 0 Å². The molecule has 0 bridgehead atoms. The lowest BCUT2D eigenvalue weighted by atomic mass is 10.0. The van der Waals surface area contributed by atoms with Crippen molar-refractivity contribution in [1.82, 2.24) is 25.2 Å². The number of fused-ring (bicyclic) bond motifs is 2. The SMILES string of the molecule is O=C(c1ccc(OC2CCOC2)c(C2CC2)c1)N1C[C@H]2CN(C(=O)c3ccc4n[nH]nc4c3)C[C@@H]2C1. The number of ether oxygens (including phenoxy) is 2. The maximum absolute atomic E-state index is 13.4. The number of hydrogen-bond acceptors (Lipinski definition) is 6. The monoisotopic (exact) mass is 487 g/mol. The molecule has 4 fully saturated rings. The van der Waals surface area contributed by atoms with Crippen LogP contribution in [0.4, 0.5) is 0 Å². The Hall–Kier alpha value is -3.46. The van der Waals surface area contributed by atoms with Gasteiger partial charge in [0.05, 0.1) is 13.2 Å². The molecule has 2 amide bonds. The third kappa shape index (κ3) is 3.91. The van der Waals surface area contributed by atoms with E-state index in [0.717, 1.165) is 48.3 Å². The number of hydrogen-bond donors (Lipinski definition) is 1. The zero-order chi connectivity index (χ0) is 24.2. The Morgan fingerprint density at radius 1 is 0.861 bits per heavy atom. The van der Waals surface area contributed by atoms with E-state index in [1.54, 1.807) is 6.07 Å². The first-order valence-electron chi connectivity index (χ1n) is 12.9. The number of aromatic nitrogens is 3. The summed E-state index contributed by atoms with van der Waals surface area (Å²) < 4.78 is 11.7. The predicted molar refractivity (Wildman–Crippen MR) is 131 cm³/mol. The van der Waals surface area contributed by atoms with Crippen LogP contribution in [0.25, 0.3) is 11.0 Å². The second-order valence-electron chi connectivity index (χ2n) is 10.6. The van der Waals surface area contributed by atoms with Crippen molar-refractivity contribution in [2.24, 2.45) is 11.8 Å². The summed E-state index contributed by atoms with van der Waals surface area (Å²) in [7, 11) is 0. The summed E-state index contributed by atoms with van der Waals surface area (Å²) in [6.07, 6.45) is 3.31. The van der Waals surface area contributed by atoms with Gasteiger partial charge in [-0.2, -0.15) is 15.4 Å². The molecule has 3 aromatic rings. The van der Waals surface area contributed by atoms with E-state index in [9.17, 15) is 9.59 Å². The van der Waals surface area contributed by atoms with Crippen LogP contribution in [0.3, 0.4) is 0 Å². The zero-order valence-electron chi connectivity index (χ0n) is 20.1. The standard InChI is InChI=1S/C27H29N5O4/c33-26(17-4-6-25(22(9-17)16-1-2-16)36-21-7-8-35-15-21)31-11-19-13-32(14-20(19)12-31)27(34)18-3-5-23-24(10-18)29-30-28-23/h3-6,9-10,16,19-21H,1-2,7-8,11-15H2,(H,28,29,30)/t19-,20-,21?/m0/s1. The Labute approximate surface area is 208 Å². The average Bonchev–Trinajstić information content (AvgIpc) is 3.27. The topological polar surface area (TPSA) is 101 Å². The number of nitrogens with one attached hydrogen (secondary N) is 1. The normalized spacial score (nSPS) is 25.5. The largest absolute Gasteiger partial charge is 0.488 e. The predicted octanol–water partition coefficient (Wildman–Crippen LogP) is 2.85. The van der Waals surface area contributed by atoms with Crippen LogP contribution >= 0.6 is 0 Å². The van der Waals surface area contributed by atoms with Crippen molar-refractivity contribution >= 4 is 22.8 Å². The molecule has 9 nitrogen and oxygen atoms in total. The van der Waals surface area contributed by atoms with Crippen LogP contribution in [0, 0.1) is 11.8 Å². The van der Waals surface area contributed by atoms with Crippen LogP contribution in [0.1, 0.15) is 51.5 Å². The lowest BCUT2D eigenvalue weighted by Gasteiger charge is -2.23.